The van der Waals surface area contributed by atoms with Crippen LogP contribution in [0, 0.1) is 11.3 Å². The van der Waals surface area contributed by atoms with Gasteiger partial charge < -0.3 is 23.6 Å². The number of ether oxygens (including phenoxy) is 1. The minimum absolute atomic E-state index is 0. The molecule has 0 amide bonds. The van der Waals surface area contributed by atoms with Crippen molar-refractivity contribution in [2.75, 3.05) is 7.11 Å². The predicted molar refractivity (Wildman–Crippen MR) is 142 cm³/mol. The monoisotopic (exact) mass is 619 g/mol. The van der Waals surface area contributed by atoms with Crippen LogP contribution >= 0.6 is 7.82 Å². The Hall–Kier alpha value is -2.80. The van der Waals surface area contributed by atoms with E-state index >= 15 is 0 Å². The zero-order valence-electron chi connectivity index (χ0n) is 23.8. The average Bonchev–Trinajstić information content (AvgIpc) is 2.96. The largest absolute Gasteiger partial charge is 1.00 e. The number of fused-ring (bicyclic) bond motifs is 3. The van der Waals surface area contributed by atoms with Crippen LogP contribution in [0.2, 0.25) is 0 Å². The second-order valence-corrected chi connectivity index (χ2v) is 10.5. The Balaban J connectivity index is 0.00000253. The minimum atomic E-state index is -5.52. The summed E-state index contributed by atoms with van der Waals surface area (Å²) in [7, 11) is -4.09. The Morgan fingerprint density at radius 1 is 1.00 bits per heavy atom. The standard InChI is InChI=1S/C26H22N7O7P.2Na/c1-26(2,13-27)16-4-6-17(7-5-16)33-22-18(23(34)32(25(33)35)14-40-41(36,37)38)12-28-20-9-8-19(31-21(20)22)15-10-29-24(39-3)30-11-15;;/h4-12H,14H2,1-3H3,(H2,36,37,38);;/q;2*+1/p-2. The van der Waals surface area contributed by atoms with E-state index in [0.29, 0.717) is 26.9 Å². The van der Waals surface area contributed by atoms with Crippen molar-refractivity contribution in [1.29, 1.82) is 5.26 Å². The molecule has 0 saturated carbocycles. The maximum absolute atomic E-state index is 13.7. The van der Waals surface area contributed by atoms with E-state index in [4.69, 9.17) is 4.74 Å². The van der Waals surface area contributed by atoms with E-state index in [9.17, 15) is 29.2 Å². The molecule has 1 aromatic carbocycles. The summed E-state index contributed by atoms with van der Waals surface area (Å²) in [6.07, 6.45) is 4.22. The van der Waals surface area contributed by atoms with Crippen molar-refractivity contribution < 1.29 is 82.7 Å². The zero-order valence-corrected chi connectivity index (χ0v) is 28.7. The van der Waals surface area contributed by atoms with E-state index in [1.807, 2.05) is 0 Å². The van der Waals surface area contributed by atoms with Gasteiger partial charge in [0.1, 0.15) is 12.2 Å². The van der Waals surface area contributed by atoms with Crippen LogP contribution in [-0.4, -0.2) is 36.2 Å². The van der Waals surface area contributed by atoms with Crippen LogP contribution in [0.25, 0.3) is 38.9 Å². The van der Waals surface area contributed by atoms with Crippen molar-refractivity contribution in [2.45, 2.75) is 26.0 Å². The first-order chi connectivity index (χ1) is 19.4. The Kier molecular flexibility index (Phi) is 10.9. The van der Waals surface area contributed by atoms with Gasteiger partial charge in [0.25, 0.3) is 5.56 Å². The van der Waals surface area contributed by atoms with Gasteiger partial charge >= 0.3 is 70.8 Å². The molecule has 0 bridgehead atoms. The fraction of sp³-hybridized carbons (Fsp3) is 0.192. The molecule has 0 aliphatic heterocycles. The molecule has 0 N–H and O–H groups in total. The van der Waals surface area contributed by atoms with Crippen molar-refractivity contribution >= 4 is 29.8 Å². The molecular formula is C26H20N7Na2O7P. The van der Waals surface area contributed by atoms with Crippen LogP contribution in [0.15, 0.2) is 64.6 Å². The quantitative estimate of drug-likeness (QED) is 0.0958. The Bertz CT molecular complexity index is 2020. The van der Waals surface area contributed by atoms with Crippen LogP contribution in [0.3, 0.4) is 0 Å². The normalized spacial score (nSPS) is 11.4. The number of rotatable bonds is 7. The van der Waals surface area contributed by atoms with Gasteiger partial charge in [-0.3, -0.25) is 14.3 Å². The number of nitriles is 1. The Morgan fingerprint density at radius 3 is 2.23 bits per heavy atom. The molecule has 5 rings (SSSR count). The van der Waals surface area contributed by atoms with Crippen molar-refractivity contribution in [2.24, 2.45) is 0 Å². The van der Waals surface area contributed by atoms with Crippen molar-refractivity contribution in [1.82, 2.24) is 29.1 Å². The third-order valence-corrected chi connectivity index (χ3v) is 6.82. The molecule has 14 nitrogen and oxygen atoms in total. The van der Waals surface area contributed by atoms with Crippen LogP contribution in [-0.2, 0) is 21.2 Å². The summed E-state index contributed by atoms with van der Waals surface area (Å²) in [5.74, 6) is 0. The molecule has 208 valence electrons. The van der Waals surface area contributed by atoms with Crippen LogP contribution in [0.5, 0.6) is 6.01 Å². The van der Waals surface area contributed by atoms with Gasteiger partial charge in [-0.2, -0.15) is 5.26 Å². The smallest absolute Gasteiger partial charge is 0.790 e. The molecule has 0 radical (unpaired) electrons. The summed E-state index contributed by atoms with van der Waals surface area (Å²) < 4.78 is 22.1. The molecule has 0 saturated heterocycles. The summed E-state index contributed by atoms with van der Waals surface area (Å²) in [5.41, 5.74) is -0.278. The number of nitrogens with zero attached hydrogens (tertiary/aromatic N) is 7. The number of pyridine rings is 2. The van der Waals surface area contributed by atoms with Gasteiger partial charge in [-0.05, 0) is 43.7 Å². The van der Waals surface area contributed by atoms with Crippen molar-refractivity contribution in [3.63, 3.8) is 0 Å². The second-order valence-electron chi connectivity index (χ2n) is 9.38. The van der Waals surface area contributed by atoms with Gasteiger partial charge in [-0.1, -0.05) is 12.1 Å². The first kappa shape index (κ1) is 34.7. The topological polar surface area (TPSA) is 201 Å². The van der Waals surface area contributed by atoms with E-state index in [-0.39, 0.29) is 87.2 Å². The second kappa shape index (κ2) is 13.5. The molecule has 4 aromatic heterocycles. The number of methoxy groups -OCH3 is 1. The SMILES string of the molecule is COc1ncc(-c2ccc3ncc4c(=O)n(COP(=O)([O-])[O-])c(=O)n(-c5ccc(C(C)(C)C#N)cc5)c4c3n2)cn1.[Na+].[Na+]. The molecule has 4 heterocycles. The summed E-state index contributed by atoms with van der Waals surface area (Å²) in [4.78, 5) is 66.6. The van der Waals surface area contributed by atoms with E-state index in [0.717, 1.165) is 4.57 Å². The molecule has 0 aliphatic rings. The zero-order chi connectivity index (χ0) is 29.5. The van der Waals surface area contributed by atoms with E-state index in [1.165, 1.54) is 25.7 Å². The molecular weight excluding hydrogens is 599 g/mol. The number of hydrogen-bond acceptors (Lipinski definition) is 12. The van der Waals surface area contributed by atoms with Gasteiger partial charge in [0.15, 0.2) is 0 Å². The molecule has 0 atom stereocenters. The number of benzene rings is 1. The summed E-state index contributed by atoms with van der Waals surface area (Å²) in [6.45, 7) is 2.34. The van der Waals surface area contributed by atoms with Crippen LogP contribution in [0.4, 0.5) is 0 Å². The molecule has 0 spiro atoms. The van der Waals surface area contributed by atoms with Crippen LogP contribution < -0.4 is 84.9 Å². The first-order valence-electron chi connectivity index (χ1n) is 11.9. The van der Waals surface area contributed by atoms with Gasteiger partial charge in [0.2, 0.25) is 0 Å². The molecule has 5 aromatic rings. The van der Waals surface area contributed by atoms with Crippen molar-refractivity contribution in [3.8, 4) is 29.0 Å². The molecule has 0 fully saturated rings. The third-order valence-electron chi connectivity index (χ3n) is 6.39. The average molecular weight is 619 g/mol. The number of hydrogen-bond donors (Lipinski definition) is 0. The van der Waals surface area contributed by atoms with Gasteiger partial charge in [-0.15, -0.1) is 0 Å². The first-order valence-corrected chi connectivity index (χ1v) is 13.4. The molecule has 43 heavy (non-hydrogen) atoms. The fourth-order valence-electron chi connectivity index (χ4n) is 4.17. The van der Waals surface area contributed by atoms with E-state index in [2.05, 4.69) is 30.5 Å². The summed E-state index contributed by atoms with van der Waals surface area (Å²) >= 11 is 0. The number of aromatic nitrogens is 6. The fourth-order valence-corrected chi connectivity index (χ4v) is 4.43. The number of phosphoric ester groups is 1. The maximum atomic E-state index is 13.7. The van der Waals surface area contributed by atoms with Gasteiger partial charge in [0.05, 0.1) is 54.2 Å². The van der Waals surface area contributed by atoms with Crippen molar-refractivity contribution in [3.05, 3.63) is 81.4 Å². The minimum Gasteiger partial charge on any atom is -0.790 e. The van der Waals surface area contributed by atoms with Gasteiger partial charge in [0, 0.05) is 24.2 Å². The molecule has 0 aliphatic carbocycles. The van der Waals surface area contributed by atoms with E-state index in [1.54, 1.807) is 50.2 Å². The predicted octanol–water partition coefficient (Wildman–Crippen LogP) is -4.83. The van der Waals surface area contributed by atoms with Gasteiger partial charge in [-0.25, -0.2) is 24.3 Å². The third kappa shape index (κ3) is 6.97. The molecule has 0 unspecified atom stereocenters. The van der Waals surface area contributed by atoms with Crippen LogP contribution in [0.1, 0.15) is 19.4 Å². The summed E-state index contributed by atoms with van der Waals surface area (Å²) in [5, 5.41) is 9.42. The molecule has 17 heteroatoms. The maximum Gasteiger partial charge on any atom is 1.00 e. The summed E-state index contributed by atoms with van der Waals surface area (Å²) in [6, 6.07) is 12.1. The Morgan fingerprint density at radius 2 is 1.65 bits per heavy atom. The number of phosphoric acid groups is 1. The van der Waals surface area contributed by atoms with E-state index < -0.39 is 31.2 Å². The Labute approximate surface area is 288 Å².